The summed E-state index contributed by atoms with van der Waals surface area (Å²) in [6.45, 7) is -0.345. The van der Waals surface area contributed by atoms with E-state index in [9.17, 15) is 22.7 Å². The lowest BCUT2D eigenvalue weighted by Crippen LogP contribution is -2.31. The van der Waals surface area contributed by atoms with E-state index >= 15 is 0 Å². The fourth-order valence-electron chi connectivity index (χ4n) is 3.36. The highest BCUT2D eigenvalue weighted by atomic mass is 35.5. The van der Waals surface area contributed by atoms with Gasteiger partial charge in [-0.3, -0.25) is 4.79 Å². The highest BCUT2D eigenvalue weighted by molar-refractivity contribution is 7.92. The lowest BCUT2D eigenvalue weighted by molar-refractivity contribution is -0.143. The SMILES string of the molecule is NC[C@@]1(C(=O)O)[C@H](c2ccc(F)cc2)[C@@H]1S(=O)(=O)c1ccc(Cl)cc1. The highest BCUT2D eigenvalue weighted by Crippen LogP contribution is 2.63. The average Bonchev–Trinajstić information content (AvgIpc) is 3.27. The smallest absolute Gasteiger partial charge is 0.312 e. The van der Waals surface area contributed by atoms with E-state index in [1.165, 1.54) is 48.5 Å². The summed E-state index contributed by atoms with van der Waals surface area (Å²) in [6, 6.07) is 10.6. The number of hydrogen-bond acceptors (Lipinski definition) is 4. The summed E-state index contributed by atoms with van der Waals surface area (Å²) in [5, 5.41) is 8.82. The monoisotopic (exact) mass is 383 g/mol. The molecule has 0 heterocycles. The summed E-state index contributed by atoms with van der Waals surface area (Å²) in [7, 11) is -3.97. The maximum Gasteiger partial charge on any atom is 0.312 e. The van der Waals surface area contributed by atoms with E-state index < -0.39 is 38.2 Å². The Morgan fingerprint density at radius 3 is 2.20 bits per heavy atom. The molecule has 1 fully saturated rings. The zero-order valence-corrected chi connectivity index (χ0v) is 14.5. The molecule has 0 spiro atoms. The Hall–Kier alpha value is -1.96. The fourth-order valence-corrected chi connectivity index (χ4v) is 5.87. The van der Waals surface area contributed by atoms with Crippen LogP contribution in [-0.4, -0.2) is 31.3 Å². The molecule has 25 heavy (non-hydrogen) atoms. The lowest BCUT2D eigenvalue weighted by atomic mass is 9.99. The molecular formula is C17H15ClFNO4S. The fraction of sp³-hybridized carbons (Fsp3) is 0.235. The normalized spacial score (nSPS) is 25.6. The van der Waals surface area contributed by atoms with Gasteiger partial charge in [0.15, 0.2) is 9.84 Å². The molecule has 0 unspecified atom stereocenters. The van der Waals surface area contributed by atoms with Crippen molar-refractivity contribution in [1.29, 1.82) is 0 Å². The van der Waals surface area contributed by atoms with E-state index in [1.54, 1.807) is 0 Å². The highest BCUT2D eigenvalue weighted by Gasteiger charge is 2.75. The number of aliphatic carboxylic acids is 1. The van der Waals surface area contributed by atoms with Crippen LogP contribution in [0.1, 0.15) is 11.5 Å². The first kappa shape index (κ1) is 17.8. The molecule has 1 saturated carbocycles. The summed E-state index contributed by atoms with van der Waals surface area (Å²) < 4.78 is 39.2. The Labute approximate surface area is 149 Å². The Bertz CT molecular complexity index is 915. The maximum atomic E-state index is 13.2. The molecule has 1 aliphatic carbocycles. The molecular weight excluding hydrogens is 369 g/mol. The molecule has 0 aromatic heterocycles. The van der Waals surface area contributed by atoms with E-state index in [0.29, 0.717) is 10.6 Å². The van der Waals surface area contributed by atoms with Crippen LogP contribution in [0.2, 0.25) is 5.02 Å². The minimum absolute atomic E-state index is 0.0226. The van der Waals surface area contributed by atoms with Crippen molar-refractivity contribution in [1.82, 2.24) is 0 Å². The standard InChI is InChI=1S/C17H15ClFNO4S/c18-11-3-7-13(8-4-11)25(23,24)15-14(17(15,9-20)16(21)22)10-1-5-12(19)6-2-10/h1-8,14-15H,9,20H2,(H,21,22)/t14-,15+,17-/m1/s1. The van der Waals surface area contributed by atoms with Crippen molar-refractivity contribution < 1.29 is 22.7 Å². The van der Waals surface area contributed by atoms with Gasteiger partial charge in [0.25, 0.3) is 0 Å². The predicted molar refractivity (Wildman–Crippen MR) is 90.7 cm³/mol. The van der Waals surface area contributed by atoms with Crippen molar-refractivity contribution in [2.45, 2.75) is 16.1 Å². The molecule has 132 valence electrons. The van der Waals surface area contributed by atoms with Crippen molar-refractivity contribution >= 4 is 27.4 Å². The number of nitrogens with two attached hydrogens (primary N) is 1. The van der Waals surface area contributed by atoms with Crippen LogP contribution >= 0.6 is 11.6 Å². The van der Waals surface area contributed by atoms with Crippen LogP contribution in [0.3, 0.4) is 0 Å². The zero-order chi connectivity index (χ0) is 18.4. The van der Waals surface area contributed by atoms with Gasteiger partial charge in [-0.1, -0.05) is 23.7 Å². The van der Waals surface area contributed by atoms with Crippen LogP contribution in [0.25, 0.3) is 0 Å². The number of carboxylic acids is 1. The van der Waals surface area contributed by atoms with Crippen LogP contribution in [0, 0.1) is 11.2 Å². The molecule has 2 aromatic carbocycles. The minimum Gasteiger partial charge on any atom is -0.481 e. The molecule has 8 heteroatoms. The Balaban J connectivity index is 2.10. The van der Waals surface area contributed by atoms with Crippen LogP contribution in [-0.2, 0) is 14.6 Å². The van der Waals surface area contributed by atoms with Crippen LogP contribution in [0.15, 0.2) is 53.4 Å². The second-order valence-corrected chi connectivity index (χ2v) is 8.50. The number of sulfone groups is 1. The topological polar surface area (TPSA) is 97.5 Å². The van der Waals surface area contributed by atoms with Gasteiger partial charge in [-0.15, -0.1) is 0 Å². The van der Waals surface area contributed by atoms with Gasteiger partial charge < -0.3 is 10.8 Å². The average molecular weight is 384 g/mol. The van der Waals surface area contributed by atoms with E-state index in [2.05, 4.69) is 0 Å². The minimum atomic E-state index is -3.97. The Morgan fingerprint density at radius 2 is 1.72 bits per heavy atom. The largest absolute Gasteiger partial charge is 0.481 e. The number of carboxylic acid groups (broad SMARTS) is 1. The van der Waals surface area contributed by atoms with Gasteiger partial charge in [-0.05, 0) is 42.0 Å². The quantitative estimate of drug-likeness (QED) is 0.826. The third-order valence-electron chi connectivity index (χ3n) is 4.70. The van der Waals surface area contributed by atoms with Gasteiger partial charge in [-0.2, -0.15) is 0 Å². The second-order valence-electron chi connectivity index (χ2n) is 6.00. The first-order valence-electron chi connectivity index (χ1n) is 7.43. The van der Waals surface area contributed by atoms with Gasteiger partial charge in [0.05, 0.1) is 10.1 Å². The number of halogens is 2. The molecule has 0 bridgehead atoms. The van der Waals surface area contributed by atoms with E-state index in [1.807, 2.05) is 0 Å². The molecule has 3 atom stereocenters. The number of benzene rings is 2. The molecule has 3 N–H and O–H groups in total. The molecule has 1 aliphatic rings. The molecule has 0 amide bonds. The zero-order valence-electron chi connectivity index (χ0n) is 12.9. The first-order valence-corrected chi connectivity index (χ1v) is 9.36. The number of rotatable bonds is 5. The van der Waals surface area contributed by atoms with Crippen LogP contribution in [0.4, 0.5) is 4.39 Å². The van der Waals surface area contributed by atoms with Crippen molar-refractivity contribution in [3.05, 3.63) is 64.9 Å². The van der Waals surface area contributed by atoms with Crippen molar-refractivity contribution in [3.8, 4) is 0 Å². The maximum absolute atomic E-state index is 13.2. The Morgan fingerprint density at radius 1 is 1.16 bits per heavy atom. The van der Waals surface area contributed by atoms with Crippen LogP contribution in [0.5, 0.6) is 0 Å². The summed E-state index contributed by atoms with van der Waals surface area (Å²) in [5.41, 5.74) is 4.46. The van der Waals surface area contributed by atoms with Gasteiger partial charge in [-0.25, -0.2) is 12.8 Å². The third-order valence-corrected chi connectivity index (χ3v) is 7.24. The van der Waals surface area contributed by atoms with Crippen LogP contribution < -0.4 is 5.73 Å². The van der Waals surface area contributed by atoms with Gasteiger partial charge in [0.1, 0.15) is 11.2 Å². The third kappa shape index (κ3) is 2.72. The second kappa shape index (κ2) is 6.09. The molecule has 2 aromatic rings. The summed E-state index contributed by atoms with van der Waals surface area (Å²) in [6.07, 6.45) is 0. The first-order chi connectivity index (χ1) is 11.7. The number of carbonyl (C=O) groups is 1. The molecule has 5 nitrogen and oxygen atoms in total. The van der Waals surface area contributed by atoms with Crippen molar-refractivity contribution in [2.24, 2.45) is 11.1 Å². The van der Waals surface area contributed by atoms with E-state index in [-0.39, 0.29) is 11.4 Å². The molecule has 0 radical (unpaired) electrons. The molecule has 3 rings (SSSR count). The van der Waals surface area contributed by atoms with Gasteiger partial charge >= 0.3 is 5.97 Å². The van der Waals surface area contributed by atoms with Gasteiger partial charge in [0, 0.05) is 17.5 Å². The molecule has 0 aliphatic heterocycles. The van der Waals surface area contributed by atoms with E-state index in [0.717, 1.165) is 0 Å². The van der Waals surface area contributed by atoms with Crippen molar-refractivity contribution in [2.75, 3.05) is 6.54 Å². The summed E-state index contributed by atoms with van der Waals surface area (Å²) >= 11 is 5.79. The molecule has 0 saturated heterocycles. The van der Waals surface area contributed by atoms with Crippen molar-refractivity contribution in [3.63, 3.8) is 0 Å². The summed E-state index contributed by atoms with van der Waals surface area (Å²) in [4.78, 5) is 11.8. The Kier molecular flexibility index (Phi) is 4.35. The van der Waals surface area contributed by atoms with Gasteiger partial charge in [0.2, 0.25) is 0 Å². The lowest BCUT2D eigenvalue weighted by Gasteiger charge is -2.10. The number of hydrogen-bond donors (Lipinski definition) is 2. The summed E-state index contributed by atoms with van der Waals surface area (Å²) in [5.74, 6) is -2.63. The van der Waals surface area contributed by atoms with E-state index in [4.69, 9.17) is 17.3 Å². The predicted octanol–water partition coefficient (Wildman–Crippen LogP) is 2.45.